The molecule has 144 valence electrons. The van der Waals surface area contributed by atoms with Crippen LogP contribution < -0.4 is 15.4 Å². The van der Waals surface area contributed by atoms with Gasteiger partial charge in [0.25, 0.3) is 5.91 Å². The first-order chi connectivity index (χ1) is 12.8. The van der Waals surface area contributed by atoms with Crippen LogP contribution in [0.4, 0.5) is 5.69 Å². The number of thiocarbonyl (C=S) groups is 1. The van der Waals surface area contributed by atoms with E-state index in [1.807, 2.05) is 48.5 Å². The topological polar surface area (TPSA) is 50.4 Å². The molecule has 0 atom stereocenters. The molecule has 2 aromatic rings. The van der Waals surface area contributed by atoms with Crippen LogP contribution in [0, 0.1) is 5.92 Å². The quantitative estimate of drug-likeness (QED) is 0.631. The van der Waals surface area contributed by atoms with Crippen molar-refractivity contribution in [2.75, 3.05) is 11.9 Å². The van der Waals surface area contributed by atoms with E-state index < -0.39 is 0 Å². The highest BCUT2D eigenvalue weighted by Gasteiger charge is 2.09. The lowest BCUT2D eigenvalue weighted by Crippen LogP contribution is -2.34. The molecule has 0 bridgehead atoms. The molecule has 5 heteroatoms. The second-order valence-corrected chi connectivity index (χ2v) is 7.65. The SMILES string of the molecule is CC(C)CCOc1ccc(NC(=S)NC(=O)c2ccc(C(C)C)cc2)cc1. The smallest absolute Gasteiger partial charge is 0.257 e. The average molecular weight is 385 g/mol. The summed E-state index contributed by atoms with van der Waals surface area (Å²) in [4.78, 5) is 12.3. The second kappa shape index (κ2) is 10.1. The zero-order valence-corrected chi connectivity index (χ0v) is 17.2. The number of rotatable bonds is 7. The standard InChI is InChI=1S/C22H28N2O2S/c1-15(2)13-14-26-20-11-9-19(10-12-20)23-22(27)24-21(25)18-7-5-17(6-8-18)16(3)4/h5-12,15-16H,13-14H2,1-4H3,(H2,23,24,25,27). The fraction of sp³-hybridized carbons (Fsp3) is 0.364. The maximum atomic E-state index is 12.3. The highest BCUT2D eigenvalue weighted by atomic mass is 32.1. The van der Waals surface area contributed by atoms with Gasteiger partial charge in [-0.2, -0.15) is 0 Å². The minimum Gasteiger partial charge on any atom is -0.494 e. The summed E-state index contributed by atoms with van der Waals surface area (Å²) in [5.74, 6) is 1.65. The number of carbonyl (C=O) groups excluding carboxylic acids is 1. The van der Waals surface area contributed by atoms with Gasteiger partial charge < -0.3 is 10.1 Å². The Hall–Kier alpha value is -2.40. The highest BCUT2D eigenvalue weighted by Crippen LogP contribution is 2.17. The van der Waals surface area contributed by atoms with Gasteiger partial charge in [-0.3, -0.25) is 10.1 Å². The highest BCUT2D eigenvalue weighted by molar-refractivity contribution is 7.80. The van der Waals surface area contributed by atoms with Crippen molar-refractivity contribution in [3.63, 3.8) is 0 Å². The molecule has 0 fully saturated rings. The molecule has 0 aliphatic carbocycles. The Morgan fingerprint density at radius 1 is 1.00 bits per heavy atom. The maximum Gasteiger partial charge on any atom is 0.257 e. The number of hydrogen-bond acceptors (Lipinski definition) is 3. The van der Waals surface area contributed by atoms with Crippen molar-refractivity contribution in [2.24, 2.45) is 5.92 Å². The molecular weight excluding hydrogens is 356 g/mol. The third-order valence-electron chi connectivity index (χ3n) is 4.14. The van der Waals surface area contributed by atoms with Gasteiger partial charge in [-0.05, 0) is 72.4 Å². The van der Waals surface area contributed by atoms with Crippen LogP contribution in [0.3, 0.4) is 0 Å². The first-order valence-electron chi connectivity index (χ1n) is 9.30. The molecule has 2 aromatic carbocycles. The van der Waals surface area contributed by atoms with Crippen LogP contribution in [0.15, 0.2) is 48.5 Å². The van der Waals surface area contributed by atoms with Gasteiger partial charge in [0, 0.05) is 11.3 Å². The number of ether oxygens (including phenoxy) is 1. The van der Waals surface area contributed by atoms with E-state index in [0.29, 0.717) is 24.0 Å². The zero-order chi connectivity index (χ0) is 19.8. The van der Waals surface area contributed by atoms with Crippen LogP contribution >= 0.6 is 12.2 Å². The van der Waals surface area contributed by atoms with Gasteiger partial charge in [-0.25, -0.2) is 0 Å². The minimum atomic E-state index is -0.226. The van der Waals surface area contributed by atoms with Crippen molar-refractivity contribution in [1.82, 2.24) is 5.32 Å². The molecule has 0 aliphatic heterocycles. The summed E-state index contributed by atoms with van der Waals surface area (Å²) in [6.45, 7) is 9.28. The van der Waals surface area contributed by atoms with E-state index in [2.05, 4.69) is 38.3 Å². The van der Waals surface area contributed by atoms with Crippen LogP contribution in [0.1, 0.15) is 56.0 Å². The molecule has 27 heavy (non-hydrogen) atoms. The van der Waals surface area contributed by atoms with E-state index >= 15 is 0 Å². The molecule has 2 rings (SSSR count). The van der Waals surface area contributed by atoms with Gasteiger partial charge in [0.05, 0.1) is 6.61 Å². The molecule has 0 unspecified atom stereocenters. The Balaban J connectivity index is 1.84. The molecular formula is C22H28N2O2S. The van der Waals surface area contributed by atoms with Gasteiger partial charge in [0.1, 0.15) is 5.75 Å². The van der Waals surface area contributed by atoms with E-state index in [0.717, 1.165) is 17.9 Å². The first kappa shape index (κ1) is 20.9. The van der Waals surface area contributed by atoms with Crippen LogP contribution in [0.5, 0.6) is 5.75 Å². The number of amides is 1. The lowest BCUT2D eigenvalue weighted by atomic mass is 10.0. The summed E-state index contributed by atoms with van der Waals surface area (Å²) >= 11 is 5.24. The van der Waals surface area contributed by atoms with Crippen molar-refractivity contribution in [1.29, 1.82) is 0 Å². The van der Waals surface area contributed by atoms with Crippen molar-refractivity contribution in [3.05, 3.63) is 59.7 Å². The third kappa shape index (κ3) is 7.02. The Labute approximate surface area is 167 Å². The predicted molar refractivity (Wildman–Crippen MR) is 116 cm³/mol. The van der Waals surface area contributed by atoms with Crippen molar-refractivity contribution < 1.29 is 9.53 Å². The number of nitrogens with one attached hydrogen (secondary N) is 2. The van der Waals surface area contributed by atoms with E-state index in [1.165, 1.54) is 5.56 Å². The summed E-state index contributed by atoms with van der Waals surface area (Å²) in [5, 5.41) is 5.99. The largest absolute Gasteiger partial charge is 0.494 e. The summed E-state index contributed by atoms with van der Waals surface area (Å²) < 4.78 is 5.70. The number of carbonyl (C=O) groups is 1. The second-order valence-electron chi connectivity index (χ2n) is 7.24. The van der Waals surface area contributed by atoms with E-state index in [1.54, 1.807) is 0 Å². The lowest BCUT2D eigenvalue weighted by Gasteiger charge is -2.12. The van der Waals surface area contributed by atoms with Crippen LogP contribution in [-0.2, 0) is 0 Å². The third-order valence-corrected chi connectivity index (χ3v) is 4.35. The van der Waals surface area contributed by atoms with Crippen LogP contribution in [0.2, 0.25) is 0 Å². The molecule has 0 heterocycles. The van der Waals surface area contributed by atoms with Crippen LogP contribution in [0.25, 0.3) is 0 Å². The molecule has 0 radical (unpaired) electrons. The summed E-state index contributed by atoms with van der Waals surface area (Å²) in [6.07, 6.45) is 1.02. The minimum absolute atomic E-state index is 0.226. The first-order valence-corrected chi connectivity index (χ1v) is 9.71. The van der Waals surface area contributed by atoms with E-state index in [-0.39, 0.29) is 11.0 Å². The Bertz CT molecular complexity index is 753. The molecule has 0 spiro atoms. The predicted octanol–water partition coefficient (Wildman–Crippen LogP) is 5.36. The van der Waals surface area contributed by atoms with Gasteiger partial charge in [-0.1, -0.05) is 39.8 Å². The summed E-state index contributed by atoms with van der Waals surface area (Å²) in [6, 6.07) is 15.1. The fourth-order valence-electron chi connectivity index (χ4n) is 2.40. The molecule has 1 amide bonds. The lowest BCUT2D eigenvalue weighted by molar-refractivity contribution is 0.0977. The average Bonchev–Trinajstić information content (AvgIpc) is 2.63. The van der Waals surface area contributed by atoms with E-state index in [9.17, 15) is 4.79 Å². The zero-order valence-electron chi connectivity index (χ0n) is 16.4. The van der Waals surface area contributed by atoms with Gasteiger partial charge in [-0.15, -0.1) is 0 Å². The van der Waals surface area contributed by atoms with Gasteiger partial charge >= 0.3 is 0 Å². The van der Waals surface area contributed by atoms with Crippen LogP contribution in [-0.4, -0.2) is 17.6 Å². The van der Waals surface area contributed by atoms with Crippen molar-refractivity contribution in [2.45, 2.75) is 40.0 Å². The van der Waals surface area contributed by atoms with E-state index in [4.69, 9.17) is 17.0 Å². The summed E-state index contributed by atoms with van der Waals surface area (Å²) in [7, 11) is 0. The molecule has 0 aliphatic rings. The number of benzene rings is 2. The normalized spacial score (nSPS) is 10.7. The van der Waals surface area contributed by atoms with Gasteiger partial charge in [0.2, 0.25) is 0 Å². The Kier molecular flexibility index (Phi) is 7.80. The van der Waals surface area contributed by atoms with Gasteiger partial charge in [0.15, 0.2) is 5.11 Å². The molecule has 4 nitrogen and oxygen atoms in total. The number of hydrogen-bond donors (Lipinski definition) is 2. The summed E-state index contributed by atoms with van der Waals surface area (Å²) in [5.41, 5.74) is 2.58. The monoisotopic (exact) mass is 384 g/mol. The number of anilines is 1. The van der Waals surface area contributed by atoms with Crippen molar-refractivity contribution >= 4 is 28.9 Å². The Morgan fingerprint density at radius 2 is 1.63 bits per heavy atom. The molecule has 2 N–H and O–H groups in total. The Morgan fingerprint density at radius 3 is 2.19 bits per heavy atom. The molecule has 0 saturated carbocycles. The van der Waals surface area contributed by atoms with Crippen molar-refractivity contribution in [3.8, 4) is 5.75 Å². The maximum absolute atomic E-state index is 12.3. The molecule has 0 aromatic heterocycles. The molecule has 0 saturated heterocycles. The fourth-order valence-corrected chi connectivity index (χ4v) is 2.61.